The zero-order valence-corrected chi connectivity index (χ0v) is 16.6. The number of carbonyl (C=O) groups is 3. The van der Waals surface area contributed by atoms with E-state index in [0.717, 1.165) is 10.4 Å². The van der Waals surface area contributed by atoms with E-state index in [-0.39, 0.29) is 24.1 Å². The third-order valence-corrected chi connectivity index (χ3v) is 6.26. The Bertz CT molecular complexity index is 988. The van der Waals surface area contributed by atoms with E-state index < -0.39 is 5.97 Å². The summed E-state index contributed by atoms with van der Waals surface area (Å²) in [6, 6.07) is 1.51. The molecule has 0 fully saturated rings. The fraction of sp³-hybridized carbons (Fsp3) is 0.389. The Hall–Kier alpha value is -3.01. The first-order valence-corrected chi connectivity index (χ1v) is 9.55. The van der Waals surface area contributed by atoms with Gasteiger partial charge in [0.2, 0.25) is 11.9 Å². The molecule has 0 aromatic carbocycles. The second-order valence-corrected chi connectivity index (χ2v) is 7.79. The average Bonchev–Trinajstić information content (AvgIpc) is 3.07. The lowest BCUT2D eigenvalue weighted by molar-refractivity contribution is -0.118. The van der Waals surface area contributed by atoms with Gasteiger partial charge in [-0.25, -0.2) is 14.8 Å². The van der Waals surface area contributed by atoms with E-state index in [4.69, 9.17) is 4.74 Å². The van der Waals surface area contributed by atoms with Crippen LogP contribution in [0.4, 0.5) is 10.9 Å². The molecule has 2 aromatic rings. The number of carbonyl (C=O) groups excluding carboxylic acids is 3. The summed E-state index contributed by atoms with van der Waals surface area (Å²) in [7, 11) is 4.66. The van der Waals surface area contributed by atoms with Crippen molar-refractivity contribution in [2.24, 2.45) is 0 Å². The van der Waals surface area contributed by atoms with Gasteiger partial charge in [-0.2, -0.15) is 0 Å². The van der Waals surface area contributed by atoms with Crippen molar-refractivity contribution in [3.63, 3.8) is 0 Å². The Kier molecular flexibility index (Phi) is 4.50. The van der Waals surface area contributed by atoms with E-state index in [1.807, 2.05) is 4.90 Å². The standard InChI is InChI=1S/C18H19N5O4S/c1-21-9-13(24)22(2)16-14(15(21)25)10-5-7-23(8-12(10)28-16)18-19-6-4-11(20-18)17(26)27-3/h4,6H,5,7-9H2,1-3H3. The van der Waals surface area contributed by atoms with Gasteiger partial charge in [0, 0.05) is 31.7 Å². The highest BCUT2D eigenvalue weighted by Crippen LogP contribution is 2.41. The highest BCUT2D eigenvalue weighted by atomic mass is 32.1. The third-order valence-electron chi connectivity index (χ3n) is 4.97. The highest BCUT2D eigenvalue weighted by Gasteiger charge is 2.35. The van der Waals surface area contributed by atoms with Crippen LogP contribution in [-0.4, -0.2) is 66.9 Å². The number of hydrogen-bond acceptors (Lipinski definition) is 8. The van der Waals surface area contributed by atoms with Crippen LogP contribution in [0.3, 0.4) is 0 Å². The molecule has 28 heavy (non-hydrogen) atoms. The smallest absolute Gasteiger partial charge is 0.356 e. The Balaban J connectivity index is 1.69. The van der Waals surface area contributed by atoms with Crippen LogP contribution in [0, 0.1) is 0 Å². The number of likely N-dealkylation sites (N-methyl/N-ethyl adjacent to an activating group) is 2. The first kappa shape index (κ1) is 18.4. The second-order valence-electron chi connectivity index (χ2n) is 6.70. The lowest BCUT2D eigenvalue weighted by atomic mass is 10.0. The zero-order valence-electron chi connectivity index (χ0n) is 15.8. The number of rotatable bonds is 2. The Morgan fingerprint density at radius 2 is 2.04 bits per heavy atom. The number of amides is 2. The average molecular weight is 401 g/mol. The molecule has 2 aromatic heterocycles. The minimum absolute atomic E-state index is 0.0752. The number of thiophene rings is 1. The van der Waals surface area contributed by atoms with Crippen molar-refractivity contribution in [2.45, 2.75) is 13.0 Å². The van der Waals surface area contributed by atoms with Crippen LogP contribution in [0.2, 0.25) is 0 Å². The van der Waals surface area contributed by atoms with Crippen LogP contribution >= 0.6 is 11.3 Å². The molecule has 2 aliphatic rings. The number of anilines is 2. The predicted octanol–water partition coefficient (Wildman–Crippen LogP) is 0.936. The highest BCUT2D eigenvalue weighted by molar-refractivity contribution is 7.17. The summed E-state index contributed by atoms with van der Waals surface area (Å²) in [5, 5.41) is 0.690. The van der Waals surface area contributed by atoms with E-state index >= 15 is 0 Å². The number of methoxy groups -OCH3 is 1. The molecular formula is C18H19N5O4S. The maximum Gasteiger partial charge on any atom is 0.356 e. The summed E-state index contributed by atoms with van der Waals surface area (Å²) in [6.45, 7) is 1.19. The molecule has 4 rings (SSSR count). The molecule has 10 heteroatoms. The third kappa shape index (κ3) is 2.89. The van der Waals surface area contributed by atoms with Crippen molar-refractivity contribution < 1.29 is 19.1 Å². The molecule has 0 aliphatic carbocycles. The first-order valence-electron chi connectivity index (χ1n) is 8.73. The molecule has 0 N–H and O–H groups in total. The summed E-state index contributed by atoms with van der Waals surface area (Å²) < 4.78 is 4.72. The van der Waals surface area contributed by atoms with Gasteiger partial charge in [-0.1, -0.05) is 0 Å². The summed E-state index contributed by atoms with van der Waals surface area (Å²) in [4.78, 5) is 51.5. The van der Waals surface area contributed by atoms with Crippen LogP contribution in [0.5, 0.6) is 0 Å². The number of aromatic nitrogens is 2. The van der Waals surface area contributed by atoms with Gasteiger partial charge < -0.3 is 19.4 Å². The van der Waals surface area contributed by atoms with Gasteiger partial charge in [0.15, 0.2) is 5.69 Å². The fourth-order valence-corrected chi connectivity index (χ4v) is 4.75. The fourth-order valence-electron chi connectivity index (χ4n) is 3.42. The molecule has 0 atom stereocenters. The molecule has 9 nitrogen and oxygen atoms in total. The lowest BCUT2D eigenvalue weighted by Gasteiger charge is -2.27. The molecule has 0 radical (unpaired) electrons. The quantitative estimate of drug-likeness (QED) is 0.691. The number of esters is 1. The summed E-state index contributed by atoms with van der Waals surface area (Å²) in [6.07, 6.45) is 2.16. The maximum atomic E-state index is 12.8. The predicted molar refractivity (Wildman–Crippen MR) is 103 cm³/mol. The molecule has 0 spiro atoms. The van der Waals surface area contributed by atoms with E-state index in [1.54, 1.807) is 19.0 Å². The van der Waals surface area contributed by atoms with E-state index in [0.29, 0.717) is 36.0 Å². The lowest BCUT2D eigenvalue weighted by Crippen LogP contribution is -2.36. The summed E-state index contributed by atoms with van der Waals surface area (Å²) >= 11 is 1.45. The minimum atomic E-state index is -0.516. The Morgan fingerprint density at radius 1 is 1.25 bits per heavy atom. The van der Waals surface area contributed by atoms with E-state index in [1.165, 1.54) is 35.6 Å². The Labute approximate surface area is 165 Å². The van der Waals surface area contributed by atoms with Crippen molar-refractivity contribution in [1.29, 1.82) is 0 Å². The van der Waals surface area contributed by atoms with Gasteiger partial charge in [0.05, 0.1) is 19.2 Å². The molecule has 4 heterocycles. The molecular weight excluding hydrogens is 382 g/mol. The Morgan fingerprint density at radius 3 is 2.79 bits per heavy atom. The molecule has 0 bridgehead atoms. The van der Waals surface area contributed by atoms with E-state index in [2.05, 4.69) is 9.97 Å². The van der Waals surface area contributed by atoms with Crippen LogP contribution < -0.4 is 9.80 Å². The van der Waals surface area contributed by atoms with Gasteiger partial charge in [-0.05, 0) is 18.1 Å². The van der Waals surface area contributed by atoms with Crippen molar-refractivity contribution in [2.75, 3.05) is 44.1 Å². The summed E-state index contributed by atoms with van der Waals surface area (Å²) in [5.41, 5.74) is 1.81. The van der Waals surface area contributed by atoms with Gasteiger partial charge in [-0.3, -0.25) is 9.59 Å². The van der Waals surface area contributed by atoms with Crippen molar-refractivity contribution in [1.82, 2.24) is 14.9 Å². The van der Waals surface area contributed by atoms with Crippen molar-refractivity contribution >= 4 is 40.1 Å². The summed E-state index contributed by atoms with van der Waals surface area (Å²) in [5.74, 6) is -0.315. The zero-order chi connectivity index (χ0) is 20.0. The minimum Gasteiger partial charge on any atom is -0.464 e. The van der Waals surface area contributed by atoms with Gasteiger partial charge in [0.25, 0.3) is 5.91 Å². The largest absolute Gasteiger partial charge is 0.464 e. The van der Waals surface area contributed by atoms with Crippen LogP contribution in [0.1, 0.15) is 31.3 Å². The molecule has 146 valence electrons. The molecule has 0 saturated heterocycles. The second kappa shape index (κ2) is 6.86. The number of nitrogens with zero attached hydrogens (tertiary/aromatic N) is 5. The van der Waals surface area contributed by atoms with Crippen LogP contribution in [0.25, 0.3) is 0 Å². The van der Waals surface area contributed by atoms with Crippen LogP contribution in [0.15, 0.2) is 12.3 Å². The van der Waals surface area contributed by atoms with Crippen molar-refractivity contribution in [3.05, 3.63) is 34.0 Å². The van der Waals surface area contributed by atoms with E-state index in [9.17, 15) is 14.4 Å². The van der Waals surface area contributed by atoms with Gasteiger partial charge in [-0.15, -0.1) is 11.3 Å². The number of fused-ring (bicyclic) bond motifs is 3. The SMILES string of the molecule is COC(=O)c1ccnc(N2CCc3c(sc4c3C(=O)N(C)CC(=O)N4C)C2)n1. The first-order chi connectivity index (χ1) is 13.4. The van der Waals surface area contributed by atoms with Gasteiger partial charge >= 0.3 is 5.97 Å². The molecule has 0 unspecified atom stereocenters. The normalized spacial score (nSPS) is 16.6. The maximum absolute atomic E-state index is 12.8. The topological polar surface area (TPSA) is 95.9 Å². The number of hydrogen-bond donors (Lipinski definition) is 0. The van der Waals surface area contributed by atoms with Gasteiger partial charge in [0.1, 0.15) is 11.5 Å². The molecule has 0 saturated carbocycles. The number of ether oxygens (including phenoxy) is 1. The monoisotopic (exact) mass is 401 g/mol. The van der Waals surface area contributed by atoms with Crippen LogP contribution in [-0.2, 0) is 22.5 Å². The van der Waals surface area contributed by atoms with Crippen molar-refractivity contribution in [3.8, 4) is 0 Å². The molecule has 2 amide bonds. The molecule has 2 aliphatic heterocycles.